The maximum absolute atomic E-state index is 13.3. The number of halogens is 3. The third kappa shape index (κ3) is 4.70. The van der Waals surface area contributed by atoms with Crippen LogP contribution in [0.5, 0.6) is 0 Å². The van der Waals surface area contributed by atoms with Gasteiger partial charge in [-0.05, 0) is 35.9 Å². The number of methoxy groups -OCH3 is 1. The second kappa shape index (κ2) is 7.94. The van der Waals surface area contributed by atoms with Crippen molar-refractivity contribution in [3.05, 3.63) is 65.9 Å². The molecule has 0 atom stereocenters. The van der Waals surface area contributed by atoms with E-state index in [0.717, 1.165) is 17.0 Å². The van der Waals surface area contributed by atoms with Gasteiger partial charge < -0.3 is 4.74 Å². The van der Waals surface area contributed by atoms with Gasteiger partial charge in [-0.15, -0.1) is 0 Å². The Bertz CT molecular complexity index is 1170. The number of sulfone groups is 1. The highest BCUT2D eigenvalue weighted by atomic mass is 32.2. The average Bonchev–Trinajstić information content (AvgIpc) is 3.14. The zero-order valence-corrected chi connectivity index (χ0v) is 16.8. The lowest BCUT2D eigenvalue weighted by Gasteiger charge is -2.09. The monoisotopic (exact) mass is 438 g/mol. The molecule has 6 nitrogen and oxygen atoms in total. The summed E-state index contributed by atoms with van der Waals surface area (Å²) >= 11 is 0. The highest BCUT2D eigenvalue weighted by Gasteiger charge is 2.35. The summed E-state index contributed by atoms with van der Waals surface area (Å²) in [6.07, 6.45) is -3.58. The fraction of sp³-hybridized carbons (Fsp3) is 0.200. The molecule has 158 valence electrons. The highest BCUT2D eigenvalue weighted by Crippen LogP contribution is 2.33. The van der Waals surface area contributed by atoms with Crippen molar-refractivity contribution in [2.75, 3.05) is 13.4 Å². The zero-order valence-electron chi connectivity index (χ0n) is 16.0. The lowest BCUT2D eigenvalue weighted by molar-refractivity contribution is -0.141. The Morgan fingerprint density at radius 1 is 1.07 bits per heavy atom. The molecule has 10 heteroatoms. The number of aromatic nitrogens is 2. The van der Waals surface area contributed by atoms with Gasteiger partial charge >= 0.3 is 12.1 Å². The van der Waals surface area contributed by atoms with Gasteiger partial charge in [-0.3, -0.25) is 4.79 Å². The third-order valence-electron chi connectivity index (χ3n) is 4.34. The van der Waals surface area contributed by atoms with Gasteiger partial charge in [0.15, 0.2) is 15.5 Å². The van der Waals surface area contributed by atoms with Crippen molar-refractivity contribution in [3.8, 4) is 16.9 Å². The molecule has 1 heterocycles. The summed E-state index contributed by atoms with van der Waals surface area (Å²) < 4.78 is 68.8. The van der Waals surface area contributed by atoms with E-state index in [0.29, 0.717) is 16.8 Å². The van der Waals surface area contributed by atoms with E-state index in [9.17, 15) is 26.4 Å². The largest absolute Gasteiger partial charge is 0.469 e. The fourth-order valence-electron chi connectivity index (χ4n) is 2.79. The predicted octanol–water partition coefficient (Wildman–Crippen LogP) is 3.68. The maximum Gasteiger partial charge on any atom is 0.435 e. The molecule has 0 fully saturated rings. The van der Waals surface area contributed by atoms with Crippen LogP contribution in [0.3, 0.4) is 0 Å². The second-order valence-electron chi connectivity index (χ2n) is 6.54. The number of hydrogen-bond acceptors (Lipinski definition) is 5. The van der Waals surface area contributed by atoms with E-state index in [-0.39, 0.29) is 17.0 Å². The van der Waals surface area contributed by atoms with Crippen LogP contribution in [-0.2, 0) is 32.0 Å². The number of hydrogen-bond donors (Lipinski definition) is 0. The molecule has 2 aromatic carbocycles. The smallest absolute Gasteiger partial charge is 0.435 e. The van der Waals surface area contributed by atoms with Crippen LogP contribution in [0.25, 0.3) is 16.9 Å². The summed E-state index contributed by atoms with van der Waals surface area (Å²) in [4.78, 5) is 11.4. The van der Waals surface area contributed by atoms with Crippen LogP contribution < -0.4 is 0 Å². The van der Waals surface area contributed by atoms with Gasteiger partial charge in [0.2, 0.25) is 0 Å². The normalized spacial score (nSPS) is 12.0. The van der Waals surface area contributed by atoms with E-state index in [4.69, 9.17) is 0 Å². The Labute approximate surface area is 170 Å². The first kappa shape index (κ1) is 21.6. The van der Waals surface area contributed by atoms with Gasteiger partial charge in [-0.2, -0.15) is 18.3 Å². The van der Waals surface area contributed by atoms with Crippen molar-refractivity contribution in [1.29, 1.82) is 0 Å². The average molecular weight is 438 g/mol. The Kier molecular flexibility index (Phi) is 5.71. The second-order valence-corrected chi connectivity index (χ2v) is 8.56. The molecule has 3 rings (SSSR count). The summed E-state index contributed by atoms with van der Waals surface area (Å²) in [7, 11) is -2.17. The van der Waals surface area contributed by atoms with Crippen LogP contribution in [0.15, 0.2) is 59.5 Å². The first-order valence-corrected chi connectivity index (χ1v) is 10.5. The number of rotatable bonds is 5. The molecule has 0 radical (unpaired) electrons. The van der Waals surface area contributed by atoms with Gasteiger partial charge in [0.1, 0.15) is 0 Å². The Morgan fingerprint density at radius 3 is 2.17 bits per heavy atom. The predicted molar refractivity (Wildman–Crippen MR) is 103 cm³/mol. The zero-order chi connectivity index (χ0) is 22.1. The minimum absolute atomic E-state index is 0.0312. The fourth-order valence-corrected chi connectivity index (χ4v) is 3.42. The number of nitrogens with zero attached hydrogens (tertiary/aromatic N) is 2. The van der Waals surface area contributed by atoms with Gasteiger partial charge in [0.05, 0.1) is 29.8 Å². The molecule has 0 unspecified atom stereocenters. The van der Waals surface area contributed by atoms with E-state index in [1.165, 1.54) is 31.4 Å². The Hall–Kier alpha value is -3.14. The van der Waals surface area contributed by atoms with Crippen molar-refractivity contribution < 1.29 is 31.1 Å². The molecule has 0 aliphatic heterocycles. The van der Waals surface area contributed by atoms with Gasteiger partial charge in [-0.1, -0.05) is 24.3 Å². The van der Waals surface area contributed by atoms with Gasteiger partial charge in [0.25, 0.3) is 0 Å². The van der Waals surface area contributed by atoms with Crippen LogP contribution >= 0.6 is 0 Å². The molecule has 0 amide bonds. The van der Waals surface area contributed by atoms with Crippen molar-refractivity contribution in [2.45, 2.75) is 17.5 Å². The first-order valence-electron chi connectivity index (χ1n) is 8.63. The SMILES string of the molecule is COC(=O)Cc1ccc(-n2nc(C(F)(F)F)cc2-c2ccc(S(C)(=O)=O)cc2)cc1. The molecule has 0 saturated heterocycles. The molecular weight excluding hydrogens is 421 g/mol. The Balaban J connectivity index is 2.06. The van der Waals surface area contributed by atoms with Crippen LogP contribution in [0.2, 0.25) is 0 Å². The van der Waals surface area contributed by atoms with Crippen molar-refractivity contribution in [3.63, 3.8) is 0 Å². The molecular formula is C20H17F3N2O4S. The third-order valence-corrected chi connectivity index (χ3v) is 5.46. The van der Waals surface area contributed by atoms with Crippen LogP contribution in [0.4, 0.5) is 13.2 Å². The van der Waals surface area contributed by atoms with E-state index < -0.39 is 27.7 Å². The van der Waals surface area contributed by atoms with E-state index in [1.54, 1.807) is 24.3 Å². The molecule has 0 saturated carbocycles. The quantitative estimate of drug-likeness (QED) is 0.568. The highest BCUT2D eigenvalue weighted by molar-refractivity contribution is 7.90. The van der Waals surface area contributed by atoms with Crippen molar-refractivity contribution in [2.24, 2.45) is 0 Å². The Morgan fingerprint density at radius 2 is 1.67 bits per heavy atom. The van der Waals surface area contributed by atoms with Crippen LogP contribution in [0, 0.1) is 0 Å². The number of benzene rings is 2. The lowest BCUT2D eigenvalue weighted by atomic mass is 10.1. The van der Waals surface area contributed by atoms with Crippen molar-refractivity contribution in [1.82, 2.24) is 9.78 Å². The topological polar surface area (TPSA) is 78.3 Å². The summed E-state index contributed by atoms with van der Waals surface area (Å²) in [6.45, 7) is 0. The van der Waals surface area contributed by atoms with Gasteiger partial charge in [-0.25, -0.2) is 13.1 Å². The number of ether oxygens (including phenoxy) is 1. The molecule has 3 aromatic rings. The summed E-state index contributed by atoms with van der Waals surface area (Å²) in [6, 6.07) is 12.7. The van der Waals surface area contributed by atoms with E-state index in [2.05, 4.69) is 9.84 Å². The molecule has 0 aliphatic carbocycles. The van der Waals surface area contributed by atoms with Crippen LogP contribution in [0.1, 0.15) is 11.3 Å². The minimum atomic E-state index is -4.66. The number of esters is 1. The number of carbonyl (C=O) groups is 1. The molecule has 0 aliphatic rings. The summed E-state index contributed by atoms with van der Waals surface area (Å²) in [5.41, 5.74) is 0.407. The molecule has 30 heavy (non-hydrogen) atoms. The maximum atomic E-state index is 13.3. The molecule has 1 aromatic heterocycles. The lowest BCUT2D eigenvalue weighted by Crippen LogP contribution is -2.08. The minimum Gasteiger partial charge on any atom is -0.469 e. The van der Waals surface area contributed by atoms with Crippen molar-refractivity contribution >= 4 is 15.8 Å². The van der Waals surface area contributed by atoms with E-state index >= 15 is 0 Å². The molecule has 0 spiro atoms. The first-order chi connectivity index (χ1) is 14.0. The summed E-state index contributed by atoms with van der Waals surface area (Å²) in [5, 5.41) is 3.69. The number of alkyl halides is 3. The van der Waals surface area contributed by atoms with E-state index in [1.807, 2.05) is 0 Å². The molecule has 0 N–H and O–H groups in total. The van der Waals surface area contributed by atoms with Gasteiger partial charge in [0, 0.05) is 11.8 Å². The summed E-state index contributed by atoms with van der Waals surface area (Å²) in [5.74, 6) is -0.437. The molecule has 0 bridgehead atoms. The number of carbonyl (C=O) groups excluding carboxylic acids is 1. The standard InChI is InChI=1S/C20H17F3N2O4S/c1-29-19(26)11-13-3-7-15(8-4-13)25-17(12-18(24-25)20(21,22)23)14-5-9-16(10-6-14)30(2,27)28/h3-10,12H,11H2,1-2H3. The van der Waals surface area contributed by atoms with Crippen LogP contribution in [-0.4, -0.2) is 37.5 Å².